The maximum atomic E-state index is 14.1. The van der Waals surface area contributed by atoms with Crippen molar-refractivity contribution in [1.82, 2.24) is 20.3 Å². The molecule has 1 aromatic carbocycles. The molecule has 0 aliphatic heterocycles. The first-order chi connectivity index (χ1) is 13.2. The van der Waals surface area contributed by atoms with Crippen molar-refractivity contribution in [2.24, 2.45) is 0 Å². The predicted molar refractivity (Wildman–Crippen MR) is 101 cm³/mol. The largest absolute Gasteiger partial charge is 0.497 e. The Labute approximate surface area is 157 Å². The second kappa shape index (κ2) is 7.80. The van der Waals surface area contributed by atoms with Crippen molar-refractivity contribution in [1.29, 1.82) is 0 Å². The lowest BCUT2D eigenvalue weighted by Gasteiger charge is -2.26. The van der Waals surface area contributed by atoms with Crippen LogP contribution in [-0.4, -0.2) is 22.1 Å². The zero-order valence-corrected chi connectivity index (χ0v) is 15.2. The molecule has 0 saturated heterocycles. The molecule has 0 fully saturated rings. The first-order valence-corrected chi connectivity index (χ1v) is 9.06. The first kappa shape index (κ1) is 17.5. The van der Waals surface area contributed by atoms with E-state index in [0.29, 0.717) is 23.7 Å². The molecular formula is C21H21FN4O. The molecule has 0 spiro atoms. The van der Waals surface area contributed by atoms with E-state index in [4.69, 9.17) is 9.72 Å². The van der Waals surface area contributed by atoms with Gasteiger partial charge in [-0.2, -0.15) is 0 Å². The summed E-state index contributed by atoms with van der Waals surface area (Å²) in [4.78, 5) is 13.4. The number of nitrogens with one attached hydrogen (secondary N) is 1. The highest BCUT2D eigenvalue weighted by atomic mass is 19.1. The molecule has 0 saturated carbocycles. The normalized spacial score (nSPS) is 16.0. The van der Waals surface area contributed by atoms with Gasteiger partial charge in [0.25, 0.3) is 0 Å². The highest BCUT2D eigenvalue weighted by Crippen LogP contribution is 2.30. The third-order valence-electron chi connectivity index (χ3n) is 4.89. The van der Waals surface area contributed by atoms with Crippen LogP contribution in [0.5, 0.6) is 5.75 Å². The Morgan fingerprint density at radius 3 is 3.00 bits per heavy atom. The minimum Gasteiger partial charge on any atom is -0.497 e. The molecule has 2 heterocycles. The number of halogens is 1. The highest BCUT2D eigenvalue weighted by molar-refractivity contribution is 5.53. The zero-order chi connectivity index (χ0) is 18.6. The quantitative estimate of drug-likeness (QED) is 0.745. The van der Waals surface area contributed by atoms with E-state index in [2.05, 4.69) is 15.3 Å². The van der Waals surface area contributed by atoms with Crippen LogP contribution in [0.15, 0.2) is 48.9 Å². The Morgan fingerprint density at radius 1 is 1.26 bits per heavy atom. The fourth-order valence-electron chi connectivity index (χ4n) is 3.44. The standard InChI is InChI=1S/C21H21FN4O/c1-27-16-7-8-18(22)15(10-16)12-24-19-5-2-6-20-17(19)13-25-21(26-20)14-4-3-9-23-11-14/h3-4,7-11,13,19,24H,2,5-6,12H2,1H3. The summed E-state index contributed by atoms with van der Waals surface area (Å²) in [6.07, 6.45) is 8.34. The molecule has 1 aliphatic rings. The molecule has 0 amide bonds. The molecule has 1 aliphatic carbocycles. The Kier molecular flexibility index (Phi) is 5.07. The van der Waals surface area contributed by atoms with Gasteiger partial charge in [0.15, 0.2) is 5.82 Å². The molecular weight excluding hydrogens is 343 g/mol. The van der Waals surface area contributed by atoms with Gasteiger partial charge in [0.2, 0.25) is 0 Å². The van der Waals surface area contributed by atoms with Crippen LogP contribution in [0.1, 0.15) is 35.7 Å². The topological polar surface area (TPSA) is 59.9 Å². The van der Waals surface area contributed by atoms with E-state index in [9.17, 15) is 4.39 Å². The van der Waals surface area contributed by atoms with Gasteiger partial charge in [0.05, 0.1) is 7.11 Å². The van der Waals surface area contributed by atoms with E-state index < -0.39 is 0 Å². The van der Waals surface area contributed by atoms with Crippen molar-refractivity contribution in [2.75, 3.05) is 7.11 Å². The maximum Gasteiger partial charge on any atom is 0.160 e. The van der Waals surface area contributed by atoms with Crippen LogP contribution in [0.25, 0.3) is 11.4 Å². The van der Waals surface area contributed by atoms with Gasteiger partial charge in [0, 0.05) is 53.6 Å². The lowest BCUT2D eigenvalue weighted by atomic mass is 9.92. The van der Waals surface area contributed by atoms with Crippen molar-refractivity contribution < 1.29 is 9.13 Å². The first-order valence-electron chi connectivity index (χ1n) is 9.06. The second-order valence-electron chi connectivity index (χ2n) is 6.62. The number of ether oxygens (including phenoxy) is 1. The van der Waals surface area contributed by atoms with Crippen LogP contribution in [0, 0.1) is 5.82 Å². The van der Waals surface area contributed by atoms with E-state index in [-0.39, 0.29) is 11.9 Å². The summed E-state index contributed by atoms with van der Waals surface area (Å²) < 4.78 is 19.3. The Balaban J connectivity index is 1.53. The molecule has 138 valence electrons. The number of hydrogen-bond donors (Lipinski definition) is 1. The molecule has 4 rings (SSSR count). The number of aryl methyl sites for hydroxylation is 1. The van der Waals surface area contributed by atoms with Crippen LogP contribution in [0.2, 0.25) is 0 Å². The minimum absolute atomic E-state index is 0.113. The van der Waals surface area contributed by atoms with Crippen LogP contribution < -0.4 is 10.1 Å². The summed E-state index contributed by atoms with van der Waals surface area (Å²) in [5.74, 6) is 1.12. The summed E-state index contributed by atoms with van der Waals surface area (Å²) in [6, 6.07) is 8.75. The number of benzene rings is 1. The van der Waals surface area contributed by atoms with Crippen LogP contribution in [0.4, 0.5) is 4.39 Å². The van der Waals surface area contributed by atoms with Crippen molar-refractivity contribution in [3.05, 3.63) is 71.6 Å². The maximum absolute atomic E-state index is 14.1. The molecule has 5 nitrogen and oxygen atoms in total. The van der Waals surface area contributed by atoms with Gasteiger partial charge in [-0.15, -0.1) is 0 Å². The van der Waals surface area contributed by atoms with Gasteiger partial charge >= 0.3 is 0 Å². The average Bonchev–Trinajstić information content (AvgIpc) is 2.73. The molecule has 0 bridgehead atoms. The highest BCUT2D eigenvalue weighted by Gasteiger charge is 2.22. The summed E-state index contributed by atoms with van der Waals surface area (Å²) in [6.45, 7) is 0.428. The van der Waals surface area contributed by atoms with Crippen molar-refractivity contribution in [3.63, 3.8) is 0 Å². The van der Waals surface area contributed by atoms with E-state index >= 15 is 0 Å². The van der Waals surface area contributed by atoms with Gasteiger partial charge in [-0.3, -0.25) is 4.98 Å². The van der Waals surface area contributed by atoms with Gasteiger partial charge in [-0.1, -0.05) is 0 Å². The predicted octanol–water partition coefficient (Wildman–Crippen LogP) is 3.85. The molecule has 3 aromatic rings. The Hall–Kier alpha value is -2.86. The lowest BCUT2D eigenvalue weighted by molar-refractivity contribution is 0.410. The zero-order valence-electron chi connectivity index (χ0n) is 15.2. The third kappa shape index (κ3) is 3.80. The molecule has 1 N–H and O–H groups in total. The van der Waals surface area contributed by atoms with Crippen molar-refractivity contribution in [3.8, 4) is 17.1 Å². The third-order valence-corrected chi connectivity index (χ3v) is 4.89. The lowest BCUT2D eigenvalue weighted by Crippen LogP contribution is -2.26. The number of aromatic nitrogens is 3. The van der Waals surface area contributed by atoms with Gasteiger partial charge in [-0.05, 0) is 49.6 Å². The fourth-order valence-corrected chi connectivity index (χ4v) is 3.44. The van der Waals surface area contributed by atoms with E-state index in [0.717, 1.165) is 36.1 Å². The van der Waals surface area contributed by atoms with Gasteiger partial charge < -0.3 is 10.1 Å². The molecule has 2 aromatic heterocycles. The molecule has 0 radical (unpaired) electrons. The molecule has 1 unspecified atom stereocenters. The number of hydrogen-bond acceptors (Lipinski definition) is 5. The van der Waals surface area contributed by atoms with Gasteiger partial charge in [0.1, 0.15) is 11.6 Å². The monoisotopic (exact) mass is 364 g/mol. The fraction of sp³-hybridized carbons (Fsp3) is 0.286. The summed E-state index contributed by atoms with van der Waals surface area (Å²) in [5, 5.41) is 3.46. The van der Waals surface area contributed by atoms with Crippen molar-refractivity contribution in [2.45, 2.75) is 31.8 Å². The number of pyridine rings is 1. The van der Waals surface area contributed by atoms with E-state index in [1.165, 1.54) is 6.07 Å². The summed E-state index contributed by atoms with van der Waals surface area (Å²) in [5.41, 5.74) is 3.65. The van der Waals surface area contributed by atoms with Crippen molar-refractivity contribution >= 4 is 0 Å². The minimum atomic E-state index is -0.234. The number of fused-ring (bicyclic) bond motifs is 1. The summed E-state index contributed by atoms with van der Waals surface area (Å²) >= 11 is 0. The molecule has 1 atom stereocenters. The Morgan fingerprint density at radius 2 is 2.19 bits per heavy atom. The Bertz CT molecular complexity index is 933. The number of methoxy groups -OCH3 is 1. The SMILES string of the molecule is COc1ccc(F)c(CNC2CCCc3nc(-c4cccnc4)ncc32)c1. The van der Waals surface area contributed by atoms with Crippen LogP contribution in [-0.2, 0) is 13.0 Å². The average molecular weight is 364 g/mol. The molecule has 27 heavy (non-hydrogen) atoms. The second-order valence-corrected chi connectivity index (χ2v) is 6.62. The van der Waals surface area contributed by atoms with Crippen LogP contribution in [0.3, 0.4) is 0 Å². The number of rotatable bonds is 5. The van der Waals surface area contributed by atoms with E-state index in [1.807, 2.05) is 18.3 Å². The van der Waals surface area contributed by atoms with Gasteiger partial charge in [-0.25, -0.2) is 14.4 Å². The van der Waals surface area contributed by atoms with Crippen LogP contribution >= 0.6 is 0 Å². The molecule has 6 heteroatoms. The smallest absolute Gasteiger partial charge is 0.160 e. The summed E-state index contributed by atoms with van der Waals surface area (Å²) in [7, 11) is 1.58. The number of nitrogens with zero attached hydrogens (tertiary/aromatic N) is 3. The van der Waals surface area contributed by atoms with E-state index in [1.54, 1.807) is 31.6 Å².